The molecule has 82 valence electrons. The van der Waals surface area contributed by atoms with Gasteiger partial charge in [-0.1, -0.05) is 0 Å². The molecule has 0 radical (unpaired) electrons. The summed E-state index contributed by atoms with van der Waals surface area (Å²) in [6.07, 6.45) is -2.31. The zero-order valence-electron chi connectivity index (χ0n) is 7.57. The molecule has 0 aliphatic heterocycles. The fourth-order valence-electron chi connectivity index (χ4n) is 0.716. The van der Waals surface area contributed by atoms with Crippen molar-refractivity contribution < 1.29 is 24.9 Å². The lowest BCUT2D eigenvalue weighted by Gasteiger charge is -2.15. The zero-order chi connectivity index (χ0) is 11.0. The van der Waals surface area contributed by atoms with E-state index in [0.717, 1.165) is 11.8 Å². The van der Waals surface area contributed by atoms with Gasteiger partial charge in [0, 0.05) is 17.9 Å². The first-order chi connectivity index (χ1) is 6.61. The van der Waals surface area contributed by atoms with Gasteiger partial charge < -0.3 is 24.9 Å². The molecular formula is C8H14O5S. The van der Waals surface area contributed by atoms with Crippen LogP contribution in [0.3, 0.4) is 0 Å². The van der Waals surface area contributed by atoms with Gasteiger partial charge in [-0.05, 0) is 0 Å². The molecule has 0 aliphatic carbocycles. The topological polar surface area (TPSA) is 94.8 Å². The van der Waals surface area contributed by atoms with Gasteiger partial charge in [-0.15, -0.1) is 0 Å². The number of aldehydes is 2. The Kier molecular flexibility index (Phi) is 7.68. The number of carbonyl (C=O) groups is 2. The summed E-state index contributed by atoms with van der Waals surface area (Å²) in [5, 5.41) is 27.2. The third-order valence-electron chi connectivity index (χ3n) is 1.52. The van der Waals surface area contributed by atoms with Crippen LogP contribution < -0.4 is 0 Å². The van der Waals surface area contributed by atoms with E-state index in [4.69, 9.17) is 10.2 Å². The minimum Gasteiger partial charge on any atom is -0.390 e. The Morgan fingerprint density at radius 2 is 1.71 bits per heavy atom. The van der Waals surface area contributed by atoms with Crippen LogP contribution in [0.5, 0.6) is 0 Å². The molecule has 3 N–H and O–H groups in total. The van der Waals surface area contributed by atoms with E-state index in [1.165, 1.54) is 0 Å². The number of carbonyl (C=O) groups excluding carboxylic acids is 2. The molecule has 1 unspecified atom stereocenters. The Bertz CT molecular complexity index is 175. The van der Waals surface area contributed by atoms with Gasteiger partial charge in [-0.3, -0.25) is 0 Å². The van der Waals surface area contributed by atoms with Gasteiger partial charge in [0.2, 0.25) is 0 Å². The number of rotatable bonds is 8. The molecule has 14 heavy (non-hydrogen) atoms. The fraction of sp³-hybridized carbons (Fsp3) is 0.750. The summed E-state index contributed by atoms with van der Waals surface area (Å²) < 4.78 is 0. The van der Waals surface area contributed by atoms with E-state index in [9.17, 15) is 14.7 Å². The van der Waals surface area contributed by atoms with Crippen LogP contribution in [0.25, 0.3) is 0 Å². The molecular weight excluding hydrogens is 208 g/mol. The van der Waals surface area contributed by atoms with E-state index < -0.39 is 18.3 Å². The first-order valence-electron chi connectivity index (χ1n) is 4.12. The Balaban J connectivity index is 3.56. The summed E-state index contributed by atoms with van der Waals surface area (Å²) in [5.74, 6) is 0.355. The fourth-order valence-corrected chi connectivity index (χ4v) is 1.64. The van der Waals surface area contributed by atoms with Crippen molar-refractivity contribution >= 4 is 24.3 Å². The van der Waals surface area contributed by atoms with E-state index in [1.54, 1.807) is 0 Å². The van der Waals surface area contributed by atoms with Crippen LogP contribution in [0.4, 0.5) is 0 Å². The molecule has 3 atom stereocenters. The summed E-state index contributed by atoms with van der Waals surface area (Å²) in [4.78, 5) is 20.0. The highest BCUT2D eigenvalue weighted by molar-refractivity contribution is 7.99. The van der Waals surface area contributed by atoms with Gasteiger partial charge in [0.25, 0.3) is 0 Å². The lowest BCUT2D eigenvalue weighted by atomic mass is 10.2. The lowest BCUT2D eigenvalue weighted by molar-refractivity contribution is -0.113. The predicted molar refractivity (Wildman–Crippen MR) is 52.1 cm³/mol. The van der Waals surface area contributed by atoms with Gasteiger partial charge in [0.15, 0.2) is 0 Å². The van der Waals surface area contributed by atoms with E-state index >= 15 is 0 Å². The highest BCUT2D eigenvalue weighted by Crippen LogP contribution is 2.08. The van der Waals surface area contributed by atoms with E-state index in [-0.39, 0.29) is 17.9 Å². The highest BCUT2D eigenvalue weighted by atomic mass is 32.2. The van der Waals surface area contributed by atoms with Crippen LogP contribution in [-0.4, -0.2) is 57.7 Å². The minimum absolute atomic E-state index is 0.113. The standard InChI is InChI=1S/C8H14O5S/c9-2-1-7(12)8(13)5-14-4-6(11)3-10/h2-3,6-8,11-13H,1,4-5H2/t6?,7-,8+/m0/s1. The van der Waals surface area contributed by atoms with Crippen molar-refractivity contribution in [2.24, 2.45) is 0 Å². The van der Waals surface area contributed by atoms with Gasteiger partial charge >= 0.3 is 0 Å². The largest absolute Gasteiger partial charge is 0.390 e. The molecule has 0 saturated carbocycles. The van der Waals surface area contributed by atoms with Gasteiger partial charge in [0.05, 0.1) is 12.2 Å². The first-order valence-corrected chi connectivity index (χ1v) is 5.28. The van der Waals surface area contributed by atoms with Crippen LogP contribution in [0.1, 0.15) is 6.42 Å². The number of aliphatic hydroxyl groups is 3. The SMILES string of the molecule is O=CC[C@H](O)[C@H](O)CSCC(O)C=O. The number of aliphatic hydroxyl groups excluding tert-OH is 3. The second kappa shape index (κ2) is 7.93. The first kappa shape index (κ1) is 13.6. The second-order valence-corrected chi connectivity index (χ2v) is 3.85. The minimum atomic E-state index is -1.08. The van der Waals surface area contributed by atoms with Crippen LogP contribution in [0.2, 0.25) is 0 Å². The third kappa shape index (κ3) is 6.09. The van der Waals surface area contributed by atoms with Crippen molar-refractivity contribution in [3.8, 4) is 0 Å². The van der Waals surface area contributed by atoms with Crippen LogP contribution in [0.15, 0.2) is 0 Å². The van der Waals surface area contributed by atoms with Gasteiger partial charge in [0.1, 0.15) is 18.7 Å². The Morgan fingerprint density at radius 3 is 2.21 bits per heavy atom. The molecule has 0 heterocycles. The van der Waals surface area contributed by atoms with E-state index in [1.807, 2.05) is 0 Å². The average Bonchev–Trinajstić information content (AvgIpc) is 2.17. The smallest absolute Gasteiger partial charge is 0.149 e. The summed E-state index contributed by atoms with van der Waals surface area (Å²) in [6.45, 7) is 0. The Morgan fingerprint density at radius 1 is 1.07 bits per heavy atom. The summed E-state index contributed by atoms with van der Waals surface area (Å²) in [5.41, 5.74) is 0. The molecule has 0 saturated heterocycles. The van der Waals surface area contributed by atoms with E-state index in [2.05, 4.69) is 0 Å². The van der Waals surface area contributed by atoms with Crippen molar-refractivity contribution in [1.82, 2.24) is 0 Å². The van der Waals surface area contributed by atoms with Crippen molar-refractivity contribution in [1.29, 1.82) is 0 Å². The molecule has 0 rings (SSSR count). The normalized spacial score (nSPS) is 17.1. The third-order valence-corrected chi connectivity index (χ3v) is 2.67. The predicted octanol–water partition coefficient (Wildman–Crippen LogP) is -1.41. The summed E-state index contributed by atoms with van der Waals surface area (Å²) >= 11 is 1.14. The molecule has 0 aromatic heterocycles. The maximum atomic E-state index is 10.00. The van der Waals surface area contributed by atoms with Crippen molar-refractivity contribution in [2.75, 3.05) is 11.5 Å². The van der Waals surface area contributed by atoms with Gasteiger partial charge in [-0.25, -0.2) is 0 Å². The lowest BCUT2D eigenvalue weighted by Crippen LogP contribution is -2.29. The average molecular weight is 222 g/mol. The molecule has 0 aliphatic rings. The van der Waals surface area contributed by atoms with E-state index in [0.29, 0.717) is 12.6 Å². The summed E-state index contributed by atoms with van der Waals surface area (Å²) in [7, 11) is 0. The molecule has 0 spiro atoms. The molecule has 0 aromatic carbocycles. The Labute approximate surface area is 86.1 Å². The number of hydrogen-bond donors (Lipinski definition) is 3. The quantitative estimate of drug-likeness (QED) is 0.437. The van der Waals surface area contributed by atoms with Crippen LogP contribution >= 0.6 is 11.8 Å². The maximum absolute atomic E-state index is 10.00. The molecule has 0 aromatic rings. The summed E-state index contributed by atoms with van der Waals surface area (Å²) in [6, 6.07) is 0. The molecule has 0 fully saturated rings. The number of thioether (sulfide) groups is 1. The van der Waals surface area contributed by atoms with Crippen LogP contribution in [-0.2, 0) is 9.59 Å². The second-order valence-electron chi connectivity index (χ2n) is 2.78. The number of hydrogen-bond acceptors (Lipinski definition) is 6. The van der Waals surface area contributed by atoms with Crippen molar-refractivity contribution in [3.63, 3.8) is 0 Å². The molecule has 0 amide bonds. The molecule has 0 bridgehead atoms. The van der Waals surface area contributed by atoms with Gasteiger partial charge in [-0.2, -0.15) is 11.8 Å². The molecule has 6 heteroatoms. The van der Waals surface area contributed by atoms with Crippen molar-refractivity contribution in [3.05, 3.63) is 0 Å². The molecule has 5 nitrogen and oxygen atoms in total. The highest BCUT2D eigenvalue weighted by Gasteiger charge is 2.15. The monoisotopic (exact) mass is 222 g/mol. The zero-order valence-corrected chi connectivity index (χ0v) is 8.39. The maximum Gasteiger partial charge on any atom is 0.149 e. The van der Waals surface area contributed by atoms with Crippen molar-refractivity contribution in [2.45, 2.75) is 24.7 Å². The van der Waals surface area contributed by atoms with Crippen LogP contribution in [0, 0.1) is 0 Å². The Hall–Kier alpha value is -0.430.